The second-order valence-corrected chi connectivity index (χ2v) is 10.9. The van der Waals surface area contributed by atoms with Crippen LogP contribution in [0, 0.1) is 0 Å². The smallest absolute Gasteiger partial charge is 0.261 e. The minimum absolute atomic E-state index is 0.0790. The Morgan fingerprint density at radius 2 is 1.69 bits per heavy atom. The zero-order valence-electron chi connectivity index (χ0n) is 20.2. The van der Waals surface area contributed by atoms with Crippen LogP contribution in [-0.4, -0.2) is 34.9 Å². The lowest BCUT2D eigenvalue weighted by molar-refractivity contribution is -0.143. The molecular formula is C27H29BrCl2N2O3. The van der Waals surface area contributed by atoms with E-state index in [9.17, 15) is 9.59 Å². The van der Waals surface area contributed by atoms with Crippen LogP contribution in [0.4, 0.5) is 0 Å². The van der Waals surface area contributed by atoms with E-state index in [0.29, 0.717) is 27.8 Å². The number of ether oxygens (including phenoxy) is 1. The zero-order chi connectivity index (χ0) is 25.8. The molecule has 35 heavy (non-hydrogen) atoms. The molecule has 3 aromatic carbocycles. The minimum atomic E-state index is -0.724. The summed E-state index contributed by atoms with van der Waals surface area (Å²) >= 11 is 16.4. The Morgan fingerprint density at radius 1 is 1.03 bits per heavy atom. The molecule has 1 N–H and O–H groups in total. The van der Waals surface area contributed by atoms with E-state index in [-0.39, 0.29) is 25.0 Å². The van der Waals surface area contributed by atoms with Crippen molar-refractivity contribution >= 4 is 61.7 Å². The molecule has 2 amide bonds. The van der Waals surface area contributed by atoms with Crippen molar-refractivity contribution in [1.29, 1.82) is 0 Å². The van der Waals surface area contributed by atoms with Gasteiger partial charge in [-0.3, -0.25) is 9.59 Å². The van der Waals surface area contributed by atoms with Gasteiger partial charge in [-0.25, -0.2) is 0 Å². The van der Waals surface area contributed by atoms with E-state index in [1.807, 2.05) is 64.1 Å². The van der Waals surface area contributed by atoms with Crippen molar-refractivity contribution in [2.24, 2.45) is 0 Å². The van der Waals surface area contributed by atoms with Gasteiger partial charge in [0, 0.05) is 27.7 Å². The van der Waals surface area contributed by atoms with E-state index in [0.717, 1.165) is 15.2 Å². The summed E-state index contributed by atoms with van der Waals surface area (Å²) in [4.78, 5) is 28.1. The van der Waals surface area contributed by atoms with Crippen LogP contribution in [0.1, 0.15) is 39.7 Å². The van der Waals surface area contributed by atoms with Gasteiger partial charge in [0.05, 0.1) is 4.47 Å². The van der Waals surface area contributed by atoms with Crippen molar-refractivity contribution in [3.63, 3.8) is 0 Å². The summed E-state index contributed by atoms with van der Waals surface area (Å²) in [6.07, 6.45) is 0.412. The van der Waals surface area contributed by atoms with Crippen molar-refractivity contribution < 1.29 is 14.3 Å². The summed E-state index contributed by atoms with van der Waals surface area (Å²) in [6.45, 7) is 7.38. The van der Waals surface area contributed by atoms with E-state index in [1.165, 1.54) is 4.90 Å². The molecule has 0 bridgehead atoms. The van der Waals surface area contributed by atoms with Crippen LogP contribution in [-0.2, 0) is 16.1 Å². The fraction of sp³-hybridized carbons (Fsp3) is 0.333. The van der Waals surface area contributed by atoms with Crippen LogP contribution < -0.4 is 10.1 Å². The second kappa shape index (κ2) is 11.6. The van der Waals surface area contributed by atoms with Gasteiger partial charge in [0.1, 0.15) is 11.8 Å². The van der Waals surface area contributed by atoms with Crippen LogP contribution in [0.3, 0.4) is 0 Å². The quantitative estimate of drug-likeness (QED) is 0.312. The molecule has 0 heterocycles. The third kappa shape index (κ3) is 6.90. The fourth-order valence-corrected chi connectivity index (χ4v) is 4.90. The topological polar surface area (TPSA) is 58.6 Å². The molecule has 0 aliphatic heterocycles. The van der Waals surface area contributed by atoms with Crippen molar-refractivity contribution in [3.8, 4) is 5.75 Å². The van der Waals surface area contributed by atoms with Gasteiger partial charge in [-0.1, -0.05) is 66.5 Å². The molecule has 1 atom stereocenters. The summed E-state index contributed by atoms with van der Waals surface area (Å²) in [5, 5.41) is 5.87. The van der Waals surface area contributed by atoms with Crippen LogP contribution >= 0.6 is 39.1 Å². The van der Waals surface area contributed by atoms with E-state index in [4.69, 9.17) is 27.9 Å². The Kier molecular flexibility index (Phi) is 9.08. The zero-order valence-corrected chi connectivity index (χ0v) is 23.3. The minimum Gasteiger partial charge on any atom is -0.483 e. The SMILES string of the molecule is CCC(C(=O)NC(C)(C)C)N(Cc1c(Cl)cccc1Cl)C(=O)COc1ccc2ccccc2c1Br. The molecule has 0 aromatic heterocycles. The van der Waals surface area contributed by atoms with E-state index in [1.54, 1.807) is 18.2 Å². The predicted molar refractivity (Wildman–Crippen MR) is 146 cm³/mol. The number of hydrogen-bond donors (Lipinski definition) is 1. The molecule has 1 unspecified atom stereocenters. The number of nitrogens with one attached hydrogen (secondary N) is 1. The van der Waals surface area contributed by atoms with Crippen molar-refractivity contribution in [2.75, 3.05) is 6.61 Å². The molecule has 0 aliphatic rings. The Hall–Kier alpha value is -2.28. The van der Waals surface area contributed by atoms with Crippen molar-refractivity contribution in [1.82, 2.24) is 10.2 Å². The maximum atomic E-state index is 13.5. The molecule has 0 aliphatic carbocycles. The molecule has 5 nitrogen and oxygen atoms in total. The standard InChI is InChI=1S/C27H29BrCl2N2O3/c1-5-22(26(34)31-27(2,3)4)32(15-19-20(29)11-8-12-21(19)30)24(33)16-35-23-14-13-17-9-6-7-10-18(17)25(23)28/h6-14,22H,5,15-16H2,1-4H3,(H,31,34). The average molecular weight is 580 g/mol. The highest BCUT2D eigenvalue weighted by Crippen LogP contribution is 2.33. The first kappa shape index (κ1) is 27.3. The number of carbonyl (C=O) groups is 2. The highest BCUT2D eigenvalue weighted by atomic mass is 79.9. The van der Waals surface area contributed by atoms with Gasteiger partial charge < -0.3 is 15.0 Å². The van der Waals surface area contributed by atoms with Gasteiger partial charge in [0.15, 0.2) is 6.61 Å². The van der Waals surface area contributed by atoms with Crippen LogP contribution in [0.25, 0.3) is 10.8 Å². The number of halogens is 3. The van der Waals surface area contributed by atoms with Gasteiger partial charge in [-0.2, -0.15) is 0 Å². The summed E-state index contributed by atoms with van der Waals surface area (Å²) in [6, 6.07) is 16.1. The Labute approximate surface area is 224 Å². The maximum absolute atomic E-state index is 13.5. The van der Waals surface area contributed by atoms with Gasteiger partial charge in [-0.15, -0.1) is 0 Å². The third-order valence-electron chi connectivity index (χ3n) is 5.45. The number of amides is 2. The second-order valence-electron chi connectivity index (χ2n) is 9.27. The lowest BCUT2D eigenvalue weighted by Crippen LogP contribution is -2.54. The number of fused-ring (bicyclic) bond motifs is 1. The molecule has 0 fully saturated rings. The molecule has 186 valence electrons. The van der Waals surface area contributed by atoms with E-state index < -0.39 is 11.6 Å². The molecule has 0 saturated carbocycles. The van der Waals surface area contributed by atoms with Crippen molar-refractivity contribution in [3.05, 3.63) is 74.7 Å². The fourth-order valence-electron chi connectivity index (χ4n) is 3.77. The number of nitrogens with zero attached hydrogens (tertiary/aromatic N) is 1. The van der Waals surface area contributed by atoms with E-state index in [2.05, 4.69) is 21.2 Å². The summed E-state index contributed by atoms with van der Waals surface area (Å²) in [5.41, 5.74) is 0.131. The number of hydrogen-bond acceptors (Lipinski definition) is 3. The normalized spacial score (nSPS) is 12.3. The van der Waals surface area contributed by atoms with Gasteiger partial charge in [0.25, 0.3) is 5.91 Å². The molecule has 3 rings (SSSR count). The first-order chi connectivity index (χ1) is 16.5. The van der Waals surface area contributed by atoms with Crippen LogP contribution in [0.15, 0.2) is 59.1 Å². The monoisotopic (exact) mass is 578 g/mol. The third-order valence-corrected chi connectivity index (χ3v) is 6.98. The summed E-state index contributed by atoms with van der Waals surface area (Å²) < 4.78 is 6.69. The van der Waals surface area contributed by atoms with Crippen LogP contribution in [0.2, 0.25) is 10.0 Å². The van der Waals surface area contributed by atoms with Gasteiger partial charge in [-0.05, 0) is 72.1 Å². The molecule has 0 radical (unpaired) electrons. The molecular weight excluding hydrogens is 551 g/mol. The Morgan fingerprint density at radius 3 is 2.31 bits per heavy atom. The predicted octanol–water partition coefficient (Wildman–Crippen LogP) is 7.01. The van der Waals surface area contributed by atoms with Gasteiger partial charge >= 0.3 is 0 Å². The lowest BCUT2D eigenvalue weighted by Gasteiger charge is -2.33. The molecule has 8 heteroatoms. The molecule has 0 saturated heterocycles. The summed E-state index contributed by atoms with van der Waals surface area (Å²) in [5.74, 6) is -0.0552. The number of benzene rings is 3. The maximum Gasteiger partial charge on any atom is 0.261 e. The largest absolute Gasteiger partial charge is 0.483 e. The highest BCUT2D eigenvalue weighted by molar-refractivity contribution is 9.10. The van der Waals surface area contributed by atoms with Crippen LogP contribution in [0.5, 0.6) is 5.75 Å². The number of rotatable bonds is 8. The Balaban J connectivity index is 1.89. The molecule has 3 aromatic rings. The molecule has 0 spiro atoms. The van der Waals surface area contributed by atoms with E-state index >= 15 is 0 Å². The highest BCUT2D eigenvalue weighted by Gasteiger charge is 2.32. The number of carbonyl (C=O) groups excluding carboxylic acids is 2. The van der Waals surface area contributed by atoms with Crippen molar-refractivity contribution in [2.45, 2.75) is 52.2 Å². The first-order valence-corrected chi connectivity index (χ1v) is 12.9. The first-order valence-electron chi connectivity index (χ1n) is 11.4. The van der Waals surface area contributed by atoms with Gasteiger partial charge in [0.2, 0.25) is 5.91 Å². The summed E-state index contributed by atoms with van der Waals surface area (Å²) in [7, 11) is 0. The Bertz CT molecular complexity index is 1210. The average Bonchev–Trinajstić information content (AvgIpc) is 2.79. The lowest BCUT2D eigenvalue weighted by atomic mass is 10.1.